The number of benzene rings is 3. The van der Waals surface area contributed by atoms with Gasteiger partial charge in [0.1, 0.15) is 12.4 Å². The first-order chi connectivity index (χ1) is 19.4. The van der Waals surface area contributed by atoms with E-state index in [1.165, 1.54) is 11.3 Å². The molecule has 0 aliphatic carbocycles. The van der Waals surface area contributed by atoms with Crippen LogP contribution < -0.4 is 19.6 Å². The highest BCUT2D eigenvalue weighted by molar-refractivity contribution is 7.07. The Hall–Kier alpha value is -4.74. The molecule has 1 atom stereocenters. The lowest BCUT2D eigenvalue weighted by Crippen LogP contribution is -2.39. The van der Waals surface area contributed by atoms with Crippen molar-refractivity contribution < 1.29 is 14.3 Å². The normalized spacial score (nSPS) is 14.8. The molecule has 3 aromatic carbocycles. The molecule has 7 nitrogen and oxygen atoms in total. The molecule has 40 heavy (non-hydrogen) atoms. The number of rotatable bonds is 7. The fourth-order valence-electron chi connectivity index (χ4n) is 4.51. The Morgan fingerprint density at radius 2 is 1.75 bits per heavy atom. The maximum Gasteiger partial charge on any atom is 0.338 e. The standard InChI is InChI=1S/C32H27N3O4S/c1-4-38-31(37)28-21(3)34-32-35(29(28)25-13-5-20(2)6-14-25)30(36)27(40-32)17-22-11-15-26(16-12-22)39-19-24-9-7-23(18-33)8-10-24/h5-17,29H,4,19H2,1-3H3/b27-17-/t29-/m0/s1. The van der Waals surface area contributed by atoms with E-state index in [1.54, 1.807) is 30.5 Å². The number of aryl methyl sites for hydroxylation is 1. The summed E-state index contributed by atoms with van der Waals surface area (Å²) >= 11 is 1.29. The number of hydrogen-bond donors (Lipinski definition) is 0. The maximum absolute atomic E-state index is 13.7. The minimum absolute atomic E-state index is 0.218. The van der Waals surface area contributed by atoms with Crippen molar-refractivity contribution in [1.82, 2.24) is 4.57 Å². The van der Waals surface area contributed by atoms with Crippen molar-refractivity contribution in [3.63, 3.8) is 0 Å². The molecule has 0 fully saturated rings. The fraction of sp³-hybridized carbons (Fsp3) is 0.188. The van der Waals surface area contributed by atoms with Crippen molar-refractivity contribution in [2.24, 2.45) is 4.99 Å². The van der Waals surface area contributed by atoms with E-state index in [0.717, 1.165) is 22.3 Å². The summed E-state index contributed by atoms with van der Waals surface area (Å²) in [7, 11) is 0. The number of nitrogens with zero attached hydrogens (tertiary/aromatic N) is 3. The van der Waals surface area contributed by atoms with Gasteiger partial charge >= 0.3 is 5.97 Å². The van der Waals surface area contributed by atoms with Gasteiger partial charge in [-0.3, -0.25) is 9.36 Å². The average molecular weight is 550 g/mol. The smallest absolute Gasteiger partial charge is 0.338 e. The molecular formula is C32H27N3O4S. The number of ether oxygens (including phenoxy) is 2. The predicted octanol–water partition coefficient (Wildman–Crippen LogP) is 4.56. The molecule has 0 saturated carbocycles. The third-order valence-electron chi connectivity index (χ3n) is 6.58. The van der Waals surface area contributed by atoms with E-state index in [1.807, 2.05) is 73.7 Å². The Balaban J connectivity index is 1.46. The van der Waals surface area contributed by atoms with Gasteiger partial charge in [-0.25, -0.2) is 9.79 Å². The van der Waals surface area contributed by atoms with Crippen LogP contribution in [0.25, 0.3) is 6.08 Å². The van der Waals surface area contributed by atoms with Crippen LogP contribution in [0.15, 0.2) is 93.9 Å². The molecule has 1 aromatic heterocycles. The first-order valence-electron chi connectivity index (χ1n) is 12.9. The van der Waals surface area contributed by atoms with E-state index in [-0.39, 0.29) is 12.2 Å². The monoisotopic (exact) mass is 549 g/mol. The zero-order valence-corrected chi connectivity index (χ0v) is 23.2. The first-order valence-corrected chi connectivity index (χ1v) is 13.7. The summed E-state index contributed by atoms with van der Waals surface area (Å²) in [6.45, 7) is 6.14. The molecule has 0 bridgehead atoms. The zero-order chi connectivity index (χ0) is 28.2. The minimum atomic E-state index is -0.629. The summed E-state index contributed by atoms with van der Waals surface area (Å²) < 4.78 is 13.3. The van der Waals surface area contributed by atoms with Crippen molar-refractivity contribution in [1.29, 1.82) is 5.26 Å². The second-order valence-electron chi connectivity index (χ2n) is 9.38. The molecule has 0 N–H and O–H groups in total. The van der Waals surface area contributed by atoms with Crippen LogP contribution in [-0.4, -0.2) is 17.1 Å². The zero-order valence-electron chi connectivity index (χ0n) is 22.4. The third-order valence-corrected chi connectivity index (χ3v) is 7.56. The van der Waals surface area contributed by atoms with Crippen LogP contribution in [0.2, 0.25) is 0 Å². The molecular weight excluding hydrogens is 522 g/mol. The Bertz CT molecular complexity index is 1810. The van der Waals surface area contributed by atoms with Crippen LogP contribution in [0.4, 0.5) is 0 Å². The topological polar surface area (TPSA) is 93.7 Å². The Morgan fingerprint density at radius 3 is 2.40 bits per heavy atom. The molecule has 5 rings (SSSR count). The second-order valence-corrected chi connectivity index (χ2v) is 10.4. The number of carbonyl (C=O) groups is 1. The van der Waals surface area contributed by atoms with E-state index < -0.39 is 12.0 Å². The molecule has 1 aliphatic rings. The van der Waals surface area contributed by atoms with Crippen LogP contribution >= 0.6 is 11.3 Å². The highest BCUT2D eigenvalue weighted by Crippen LogP contribution is 2.30. The van der Waals surface area contributed by atoms with Gasteiger partial charge in [-0.2, -0.15) is 5.26 Å². The van der Waals surface area contributed by atoms with E-state index >= 15 is 0 Å². The van der Waals surface area contributed by atoms with Crippen LogP contribution in [0.1, 0.15) is 47.7 Å². The Morgan fingerprint density at radius 1 is 1.05 bits per heavy atom. The number of nitriles is 1. The van der Waals surface area contributed by atoms with Gasteiger partial charge in [-0.05, 0) is 67.8 Å². The molecule has 0 radical (unpaired) electrons. The van der Waals surface area contributed by atoms with Crippen LogP contribution in [0, 0.1) is 18.3 Å². The average Bonchev–Trinajstić information content (AvgIpc) is 3.26. The molecule has 0 spiro atoms. The van der Waals surface area contributed by atoms with Crippen LogP contribution in [0.5, 0.6) is 5.75 Å². The number of allylic oxidation sites excluding steroid dienone is 1. The highest BCUT2D eigenvalue weighted by atomic mass is 32.1. The van der Waals surface area contributed by atoms with E-state index in [4.69, 9.17) is 14.7 Å². The SMILES string of the molecule is CCOC(=O)C1=C(C)N=c2s/c(=C\c3ccc(OCc4ccc(C#N)cc4)cc3)c(=O)n2[C@H]1c1ccc(C)cc1. The van der Waals surface area contributed by atoms with Gasteiger partial charge in [0.25, 0.3) is 5.56 Å². The van der Waals surface area contributed by atoms with Gasteiger partial charge in [0.15, 0.2) is 4.80 Å². The Labute approximate surface area is 235 Å². The van der Waals surface area contributed by atoms with Crippen LogP contribution in [-0.2, 0) is 16.1 Å². The summed E-state index contributed by atoms with van der Waals surface area (Å²) in [6, 6.07) is 24.0. The van der Waals surface area contributed by atoms with Gasteiger partial charge in [0, 0.05) is 0 Å². The van der Waals surface area contributed by atoms with Crippen molar-refractivity contribution in [3.8, 4) is 11.8 Å². The second kappa shape index (κ2) is 11.6. The number of fused-ring (bicyclic) bond motifs is 1. The molecule has 8 heteroatoms. The van der Waals surface area contributed by atoms with Gasteiger partial charge in [-0.15, -0.1) is 0 Å². The highest BCUT2D eigenvalue weighted by Gasteiger charge is 2.33. The largest absolute Gasteiger partial charge is 0.489 e. The van der Waals surface area contributed by atoms with Gasteiger partial charge in [0.2, 0.25) is 0 Å². The van der Waals surface area contributed by atoms with Gasteiger partial charge in [-0.1, -0.05) is 65.4 Å². The Kier molecular flexibility index (Phi) is 7.76. The fourth-order valence-corrected chi connectivity index (χ4v) is 5.56. The molecule has 0 unspecified atom stereocenters. The molecule has 0 saturated heterocycles. The number of thiazole rings is 1. The van der Waals surface area contributed by atoms with Crippen LogP contribution in [0.3, 0.4) is 0 Å². The number of esters is 1. The lowest BCUT2D eigenvalue weighted by molar-refractivity contribution is -0.139. The molecule has 2 heterocycles. The van der Waals surface area contributed by atoms with E-state index in [0.29, 0.717) is 38.5 Å². The third kappa shape index (κ3) is 5.51. The lowest BCUT2D eigenvalue weighted by Gasteiger charge is -2.24. The predicted molar refractivity (Wildman–Crippen MR) is 154 cm³/mol. The maximum atomic E-state index is 13.7. The summed E-state index contributed by atoms with van der Waals surface area (Å²) in [5, 5.41) is 8.94. The van der Waals surface area contributed by atoms with Gasteiger partial charge in [0.05, 0.1) is 40.1 Å². The lowest BCUT2D eigenvalue weighted by atomic mass is 9.95. The number of carbonyl (C=O) groups excluding carboxylic acids is 1. The molecule has 1 aliphatic heterocycles. The van der Waals surface area contributed by atoms with E-state index in [2.05, 4.69) is 11.1 Å². The van der Waals surface area contributed by atoms with Crippen molar-refractivity contribution >= 4 is 23.4 Å². The summed E-state index contributed by atoms with van der Waals surface area (Å²) in [5.41, 5.74) is 5.00. The molecule has 200 valence electrons. The van der Waals surface area contributed by atoms with Crippen molar-refractivity contribution in [2.75, 3.05) is 6.61 Å². The quantitative estimate of drug-likeness (QED) is 0.315. The number of aromatic nitrogens is 1. The summed E-state index contributed by atoms with van der Waals surface area (Å²) in [4.78, 5) is 31.9. The first kappa shape index (κ1) is 26.9. The molecule has 4 aromatic rings. The summed E-state index contributed by atoms with van der Waals surface area (Å²) in [6.07, 6.45) is 1.82. The van der Waals surface area contributed by atoms with Crippen molar-refractivity contribution in [3.05, 3.63) is 132 Å². The summed E-state index contributed by atoms with van der Waals surface area (Å²) in [5.74, 6) is 0.220. The molecule has 0 amide bonds. The minimum Gasteiger partial charge on any atom is -0.489 e. The van der Waals surface area contributed by atoms with Crippen molar-refractivity contribution in [2.45, 2.75) is 33.4 Å². The van der Waals surface area contributed by atoms with E-state index in [9.17, 15) is 9.59 Å². The van der Waals surface area contributed by atoms with Gasteiger partial charge < -0.3 is 9.47 Å². The number of hydrogen-bond acceptors (Lipinski definition) is 7.